The van der Waals surface area contributed by atoms with Crippen LogP contribution in [0.3, 0.4) is 0 Å². The number of hydrogen-bond acceptors (Lipinski definition) is 6. The number of aryl methyl sites for hydroxylation is 1. The van der Waals surface area contributed by atoms with Gasteiger partial charge in [-0.3, -0.25) is 9.69 Å². The molecule has 0 spiro atoms. The first-order valence-electron chi connectivity index (χ1n) is 11.6. The Morgan fingerprint density at radius 1 is 1.21 bits per heavy atom. The molecule has 1 aromatic heterocycles. The first-order valence-corrected chi connectivity index (χ1v) is 11.6. The summed E-state index contributed by atoms with van der Waals surface area (Å²) in [6, 6.07) is 7.26. The van der Waals surface area contributed by atoms with Gasteiger partial charge in [0.05, 0.1) is 5.56 Å². The Balaban J connectivity index is 1.79. The maximum absolute atomic E-state index is 13.1. The van der Waals surface area contributed by atoms with Crippen LogP contribution in [0.2, 0.25) is 0 Å². The second kappa shape index (κ2) is 11.6. The summed E-state index contributed by atoms with van der Waals surface area (Å²) in [7, 11) is 0. The molecule has 176 valence electrons. The summed E-state index contributed by atoms with van der Waals surface area (Å²) in [5.74, 6) is 0.666. The lowest BCUT2D eigenvalue weighted by atomic mass is 10.0. The molecule has 0 unspecified atom stereocenters. The van der Waals surface area contributed by atoms with E-state index in [1.165, 1.54) is 5.57 Å². The van der Waals surface area contributed by atoms with E-state index in [-0.39, 0.29) is 11.7 Å². The highest BCUT2D eigenvalue weighted by molar-refractivity contribution is 5.98. The molecule has 0 bridgehead atoms. The highest BCUT2D eigenvalue weighted by Crippen LogP contribution is 2.29. The monoisotopic (exact) mass is 449 g/mol. The largest absolute Gasteiger partial charge is 0.507 e. The topological polar surface area (TPSA) is 94.7 Å². The average Bonchev–Trinajstić information content (AvgIpc) is 2.84. The number of nitrogens with two attached hydrogens (primary N) is 1. The maximum Gasteiger partial charge on any atom is 0.257 e. The Kier molecular flexibility index (Phi) is 8.63. The van der Waals surface area contributed by atoms with Gasteiger partial charge in [-0.25, -0.2) is 4.98 Å². The Labute approximate surface area is 196 Å². The van der Waals surface area contributed by atoms with Crippen molar-refractivity contribution in [2.45, 2.75) is 27.2 Å². The molecule has 0 radical (unpaired) electrons. The van der Waals surface area contributed by atoms with Crippen molar-refractivity contribution in [3.8, 4) is 16.9 Å². The number of phenolic OH excluding ortho intramolecular Hbond substituents is 1. The standard InChI is InChI=1S/C26H35N5O2/c1-4-19(3)8-10-28-25-20(5-2)16-22(18-29-25)21-6-7-24(32)23(17-21)26(33)31-14-12-30(11-9-27)13-15-31/h4,6-8,10,16-18,32H,5,9,11-15,27H2,1-3H3,(H,28,29)/b10-8+,19-4+. The van der Waals surface area contributed by atoms with Gasteiger partial charge in [-0.05, 0) is 55.7 Å². The van der Waals surface area contributed by atoms with Gasteiger partial charge in [-0.15, -0.1) is 0 Å². The molecule has 4 N–H and O–H groups in total. The fourth-order valence-corrected chi connectivity index (χ4v) is 3.83. The molecular formula is C26H35N5O2. The smallest absolute Gasteiger partial charge is 0.257 e. The van der Waals surface area contributed by atoms with E-state index in [4.69, 9.17) is 5.73 Å². The molecule has 0 aliphatic carbocycles. The summed E-state index contributed by atoms with van der Waals surface area (Å²) in [5.41, 5.74) is 9.97. The Hall–Kier alpha value is -3.16. The molecule has 33 heavy (non-hydrogen) atoms. The number of aromatic nitrogens is 1. The normalized spacial score (nSPS) is 15.3. The molecule has 2 heterocycles. The number of amides is 1. The summed E-state index contributed by atoms with van der Waals surface area (Å²) < 4.78 is 0. The van der Waals surface area contributed by atoms with Crippen LogP contribution in [0, 0.1) is 0 Å². The highest BCUT2D eigenvalue weighted by atomic mass is 16.3. The van der Waals surface area contributed by atoms with Crippen LogP contribution in [-0.2, 0) is 6.42 Å². The van der Waals surface area contributed by atoms with Gasteiger partial charge in [0.1, 0.15) is 11.6 Å². The van der Waals surface area contributed by atoms with Crippen LogP contribution in [0.1, 0.15) is 36.7 Å². The number of hydrogen-bond donors (Lipinski definition) is 3. The highest BCUT2D eigenvalue weighted by Gasteiger charge is 2.24. The Morgan fingerprint density at radius 3 is 2.64 bits per heavy atom. The maximum atomic E-state index is 13.1. The van der Waals surface area contributed by atoms with Crippen molar-refractivity contribution in [2.24, 2.45) is 5.73 Å². The molecule has 1 saturated heterocycles. The molecule has 0 saturated carbocycles. The van der Waals surface area contributed by atoms with E-state index in [1.54, 1.807) is 23.2 Å². The van der Waals surface area contributed by atoms with E-state index in [0.717, 1.165) is 48.6 Å². The fourth-order valence-electron chi connectivity index (χ4n) is 3.83. The van der Waals surface area contributed by atoms with Crippen molar-refractivity contribution in [1.29, 1.82) is 0 Å². The minimum absolute atomic E-state index is 0.000385. The minimum Gasteiger partial charge on any atom is -0.507 e. The van der Waals surface area contributed by atoms with Crippen LogP contribution in [0.25, 0.3) is 11.1 Å². The van der Waals surface area contributed by atoms with Gasteiger partial charge in [0.25, 0.3) is 5.91 Å². The number of piperazine rings is 1. The lowest BCUT2D eigenvalue weighted by Crippen LogP contribution is -2.49. The van der Waals surface area contributed by atoms with Gasteiger partial charge in [0.2, 0.25) is 0 Å². The predicted octanol–water partition coefficient (Wildman–Crippen LogP) is 3.62. The Bertz CT molecular complexity index is 1020. The zero-order valence-corrected chi connectivity index (χ0v) is 19.8. The van der Waals surface area contributed by atoms with Crippen molar-refractivity contribution < 1.29 is 9.90 Å². The summed E-state index contributed by atoms with van der Waals surface area (Å²) in [5, 5.41) is 13.7. The number of allylic oxidation sites excluding steroid dienone is 3. The third kappa shape index (κ3) is 6.21. The van der Waals surface area contributed by atoms with Crippen LogP contribution in [0.5, 0.6) is 5.75 Å². The van der Waals surface area contributed by atoms with E-state index >= 15 is 0 Å². The first kappa shape index (κ1) is 24.5. The van der Waals surface area contributed by atoms with Gasteiger partial charge < -0.3 is 21.1 Å². The summed E-state index contributed by atoms with van der Waals surface area (Å²) in [4.78, 5) is 21.8. The molecule has 1 fully saturated rings. The first-order chi connectivity index (χ1) is 16.0. The quantitative estimate of drug-likeness (QED) is 0.533. The van der Waals surface area contributed by atoms with Crippen LogP contribution in [-0.4, -0.2) is 65.1 Å². The summed E-state index contributed by atoms with van der Waals surface area (Å²) in [6.07, 6.45) is 8.55. The second-order valence-corrected chi connectivity index (χ2v) is 8.25. The van der Waals surface area contributed by atoms with Gasteiger partial charge >= 0.3 is 0 Å². The number of rotatable bonds is 8. The number of benzene rings is 1. The van der Waals surface area contributed by atoms with Crippen LogP contribution >= 0.6 is 0 Å². The van der Waals surface area contributed by atoms with Crippen LogP contribution in [0.4, 0.5) is 5.82 Å². The molecule has 0 atom stereocenters. The lowest BCUT2D eigenvalue weighted by Gasteiger charge is -2.34. The minimum atomic E-state index is -0.145. The molecule has 1 aliphatic rings. The second-order valence-electron chi connectivity index (χ2n) is 8.25. The molecular weight excluding hydrogens is 414 g/mol. The van der Waals surface area contributed by atoms with Crippen LogP contribution < -0.4 is 11.1 Å². The van der Waals surface area contributed by atoms with E-state index in [1.807, 2.05) is 38.3 Å². The zero-order valence-electron chi connectivity index (χ0n) is 19.8. The van der Waals surface area contributed by atoms with E-state index in [9.17, 15) is 9.90 Å². The van der Waals surface area contributed by atoms with E-state index < -0.39 is 0 Å². The molecule has 7 heteroatoms. The van der Waals surface area contributed by atoms with Gasteiger partial charge in [-0.1, -0.05) is 24.6 Å². The van der Waals surface area contributed by atoms with E-state index in [0.29, 0.717) is 25.2 Å². The van der Waals surface area contributed by atoms with Crippen molar-refractivity contribution in [2.75, 3.05) is 44.6 Å². The number of nitrogens with one attached hydrogen (secondary N) is 1. The predicted molar refractivity (Wildman–Crippen MR) is 134 cm³/mol. The number of aromatic hydroxyl groups is 1. The molecule has 1 aromatic carbocycles. The number of pyridine rings is 1. The Morgan fingerprint density at radius 2 is 1.97 bits per heavy atom. The third-order valence-corrected chi connectivity index (χ3v) is 6.03. The number of phenols is 1. The molecule has 1 aliphatic heterocycles. The van der Waals surface area contributed by atoms with Crippen molar-refractivity contribution in [3.05, 3.63) is 65.5 Å². The molecule has 2 aromatic rings. The number of nitrogens with zero attached hydrogens (tertiary/aromatic N) is 3. The van der Waals surface area contributed by atoms with Gasteiger partial charge in [0, 0.05) is 57.2 Å². The van der Waals surface area contributed by atoms with E-state index in [2.05, 4.69) is 28.2 Å². The van der Waals surface area contributed by atoms with Crippen molar-refractivity contribution in [1.82, 2.24) is 14.8 Å². The average molecular weight is 450 g/mol. The third-order valence-electron chi connectivity index (χ3n) is 6.03. The van der Waals surface area contributed by atoms with Gasteiger partial charge in [0.15, 0.2) is 0 Å². The molecule has 7 nitrogen and oxygen atoms in total. The van der Waals surface area contributed by atoms with Crippen molar-refractivity contribution >= 4 is 11.7 Å². The van der Waals surface area contributed by atoms with Crippen LogP contribution in [0.15, 0.2) is 54.4 Å². The zero-order chi connectivity index (χ0) is 23.8. The van der Waals surface area contributed by atoms with Crippen molar-refractivity contribution in [3.63, 3.8) is 0 Å². The molecule has 1 amide bonds. The fraction of sp³-hybridized carbons (Fsp3) is 0.385. The SMILES string of the molecule is C/C=C(C)/C=C/Nc1ncc(-c2ccc(O)c(C(=O)N3CCN(CCN)CC3)c2)cc1CC. The number of anilines is 1. The number of carbonyl (C=O) groups is 1. The summed E-state index contributed by atoms with van der Waals surface area (Å²) >= 11 is 0. The summed E-state index contributed by atoms with van der Waals surface area (Å²) in [6.45, 7) is 10.4. The molecule has 3 rings (SSSR count). The lowest BCUT2D eigenvalue weighted by molar-refractivity contribution is 0.0638. The number of carbonyl (C=O) groups excluding carboxylic acids is 1. The van der Waals surface area contributed by atoms with Gasteiger partial charge in [-0.2, -0.15) is 0 Å².